The van der Waals surface area contributed by atoms with E-state index in [0.29, 0.717) is 0 Å². The van der Waals surface area contributed by atoms with Crippen molar-refractivity contribution in [3.05, 3.63) is 174 Å². The van der Waals surface area contributed by atoms with Crippen LogP contribution in [0.2, 0.25) is 0 Å². The summed E-state index contributed by atoms with van der Waals surface area (Å²) in [6, 6.07) is 57.6. The average molecular weight is 602 g/mol. The van der Waals surface area contributed by atoms with Crippen LogP contribution in [0.25, 0.3) is 75.4 Å². The third kappa shape index (κ3) is 3.65. The lowest BCUT2D eigenvalue weighted by Gasteiger charge is -2.20. The average Bonchev–Trinajstić information content (AvgIpc) is 3.67. The van der Waals surface area contributed by atoms with Gasteiger partial charge in [0.2, 0.25) is 0 Å². The van der Waals surface area contributed by atoms with Crippen molar-refractivity contribution in [3.8, 4) is 33.5 Å². The predicted molar refractivity (Wildman–Crippen MR) is 196 cm³/mol. The van der Waals surface area contributed by atoms with Crippen molar-refractivity contribution in [2.45, 2.75) is 5.92 Å². The van der Waals surface area contributed by atoms with Crippen LogP contribution in [0.1, 0.15) is 22.6 Å². The van der Waals surface area contributed by atoms with E-state index in [2.05, 4.69) is 158 Å². The number of para-hydroxylation sites is 1. The lowest BCUT2D eigenvalue weighted by molar-refractivity contribution is 1.02. The Balaban J connectivity index is 1.33. The van der Waals surface area contributed by atoms with Crippen molar-refractivity contribution in [2.24, 2.45) is 0 Å². The molecule has 0 radical (unpaired) electrons. The first-order valence-electron chi connectivity index (χ1n) is 15.8. The van der Waals surface area contributed by atoms with Crippen LogP contribution in [0, 0.1) is 0 Å². The predicted octanol–water partition coefficient (Wildman–Crippen LogP) is 12.3. The maximum atomic E-state index is 5.58. The highest BCUT2D eigenvalue weighted by Gasteiger charge is 2.31. The topological polar surface area (TPSA) is 12.9 Å². The normalized spacial score (nSPS) is 12.7. The molecule has 0 aliphatic heterocycles. The van der Waals surface area contributed by atoms with Crippen LogP contribution in [0.4, 0.5) is 0 Å². The third-order valence-electron chi connectivity index (χ3n) is 9.77. The second-order valence-corrected chi connectivity index (χ2v) is 13.3. The molecule has 0 saturated carbocycles. The van der Waals surface area contributed by atoms with Gasteiger partial charge in [-0.3, -0.25) is 0 Å². The zero-order chi connectivity index (χ0) is 30.2. The number of benzene rings is 7. The summed E-state index contributed by atoms with van der Waals surface area (Å²) in [4.78, 5) is 5.58. The standard InChI is InChI=1S/C44H27NS/c1-2-13-27(14-3-1)43-37-25-26-39-42(35-21-10-11-24-38(35)46-39)41(37)36-23-12-22-34(44(36)45-43)30-17-6-9-20-33(30)40-31-18-7-4-15-28(31)29-16-5-8-19-32(29)40/h1-26,40H. The van der Waals surface area contributed by atoms with E-state index in [1.807, 2.05) is 11.3 Å². The second kappa shape index (κ2) is 9.97. The number of hydrogen-bond donors (Lipinski definition) is 0. The van der Waals surface area contributed by atoms with Gasteiger partial charge in [-0.15, -0.1) is 11.3 Å². The molecule has 1 aliphatic rings. The number of fused-ring (bicyclic) bond motifs is 10. The van der Waals surface area contributed by atoms with Gasteiger partial charge in [0.25, 0.3) is 0 Å². The maximum absolute atomic E-state index is 5.58. The third-order valence-corrected chi connectivity index (χ3v) is 10.9. The first-order chi connectivity index (χ1) is 22.8. The van der Waals surface area contributed by atoms with E-state index < -0.39 is 0 Å². The van der Waals surface area contributed by atoms with Crippen LogP contribution in [0.3, 0.4) is 0 Å². The van der Waals surface area contributed by atoms with Crippen LogP contribution in [-0.4, -0.2) is 4.98 Å². The van der Waals surface area contributed by atoms with Crippen LogP contribution in [0.5, 0.6) is 0 Å². The molecule has 0 amide bonds. The van der Waals surface area contributed by atoms with Gasteiger partial charge in [-0.1, -0.05) is 146 Å². The Morgan fingerprint density at radius 1 is 0.391 bits per heavy atom. The molecule has 1 aliphatic carbocycles. The molecule has 2 heterocycles. The smallest absolute Gasteiger partial charge is 0.0794 e. The molecule has 0 saturated heterocycles. The molecule has 2 aromatic heterocycles. The number of hydrogen-bond acceptors (Lipinski definition) is 2. The Labute approximate surface area is 271 Å². The van der Waals surface area contributed by atoms with Crippen molar-refractivity contribution in [1.29, 1.82) is 0 Å². The minimum Gasteiger partial charge on any atom is -0.246 e. The Bertz CT molecular complexity index is 2600. The summed E-state index contributed by atoms with van der Waals surface area (Å²) in [5, 5.41) is 6.31. The molecular formula is C44H27NS. The fourth-order valence-electron chi connectivity index (χ4n) is 7.85. The molecule has 0 unspecified atom stereocenters. The van der Waals surface area contributed by atoms with E-state index in [0.717, 1.165) is 16.8 Å². The van der Waals surface area contributed by atoms with Crippen LogP contribution in [0.15, 0.2) is 158 Å². The Hall–Kier alpha value is -5.57. The summed E-state index contributed by atoms with van der Waals surface area (Å²) in [7, 11) is 0. The van der Waals surface area contributed by atoms with Crippen LogP contribution >= 0.6 is 11.3 Å². The van der Waals surface area contributed by atoms with Gasteiger partial charge >= 0.3 is 0 Å². The molecule has 0 atom stereocenters. The van der Waals surface area contributed by atoms with E-state index in [4.69, 9.17) is 4.98 Å². The minimum absolute atomic E-state index is 0.153. The van der Waals surface area contributed by atoms with Gasteiger partial charge < -0.3 is 0 Å². The molecule has 2 heteroatoms. The molecule has 9 aromatic rings. The lowest BCUT2D eigenvalue weighted by atomic mass is 9.83. The molecule has 0 N–H and O–H groups in total. The van der Waals surface area contributed by atoms with Gasteiger partial charge in [0.05, 0.1) is 11.2 Å². The van der Waals surface area contributed by atoms with E-state index in [1.54, 1.807) is 0 Å². The maximum Gasteiger partial charge on any atom is 0.0794 e. The highest BCUT2D eigenvalue weighted by molar-refractivity contribution is 7.26. The second-order valence-electron chi connectivity index (χ2n) is 12.2. The summed E-state index contributed by atoms with van der Waals surface area (Å²) in [6.45, 7) is 0. The Kier molecular flexibility index (Phi) is 5.58. The van der Waals surface area contributed by atoms with E-state index in [1.165, 1.54) is 75.3 Å². The van der Waals surface area contributed by atoms with Crippen molar-refractivity contribution in [1.82, 2.24) is 4.98 Å². The van der Waals surface area contributed by atoms with Gasteiger partial charge in [-0.25, -0.2) is 4.98 Å². The van der Waals surface area contributed by atoms with Crippen molar-refractivity contribution >= 4 is 53.2 Å². The van der Waals surface area contributed by atoms with Gasteiger partial charge in [0.1, 0.15) is 0 Å². The summed E-state index contributed by atoms with van der Waals surface area (Å²) in [6.07, 6.45) is 0. The fourth-order valence-corrected chi connectivity index (χ4v) is 8.96. The zero-order valence-electron chi connectivity index (χ0n) is 24.9. The summed E-state index contributed by atoms with van der Waals surface area (Å²) in [5.74, 6) is 0.153. The molecule has 10 rings (SSSR count). The molecule has 0 spiro atoms. The van der Waals surface area contributed by atoms with E-state index in [-0.39, 0.29) is 5.92 Å². The van der Waals surface area contributed by atoms with E-state index in [9.17, 15) is 0 Å². The first kappa shape index (κ1) is 25.7. The van der Waals surface area contributed by atoms with E-state index >= 15 is 0 Å². The SMILES string of the molecule is c1ccc(-c2nc3c(-c4ccccc4C4c5ccccc5-c5ccccc54)cccc3c3c2ccc2sc4ccccc4c23)cc1. The number of pyridine rings is 1. The van der Waals surface area contributed by atoms with Crippen molar-refractivity contribution < 1.29 is 0 Å². The number of rotatable bonds is 3. The molecule has 0 fully saturated rings. The van der Waals surface area contributed by atoms with Crippen molar-refractivity contribution in [2.75, 3.05) is 0 Å². The summed E-state index contributed by atoms with van der Waals surface area (Å²) >= 11 is 1.87. The largest absolute Gasteiger partial charge is 0.246 e. The number of nitrogens with zero attached hydrogens (tertiary/aromatic N) is 1. The van der Waals surface area contributed by atoms with Gasteiger partial charge in [0.15, 0.2) is 0 Å². The quantitative estimate of drug-likeness (QED) is 0.184. The molecule has 1 nitrogen and oxygen atoms in total. The molecule has 7 aromatic carbocycles. The first-order valence-corrected chi connectivity index (χ1v) is 16.7. The van der Waals surface area contributed by atoms with Crippen LogP contribution < -0.4 is 0 Å². The van der Waals surface area contributed by atoms with Gasteiger partial charge in [0, 0.05) is 53.4 Å². The van der Waals surface area contributed by atoms with Gasteiger partial charge in [-0.2, -0.15) is 0 Å². The fraction of sp³-hybridized carbons (Fsp3) is 0.0227. The molecule has 0 bridgehead atoms. The minimum atomic E-state index is 0.153. The number of aromatic nitrogens is 1. The van der Waals surface area contributed by atoms with Crippen molar-refractivity contribution in [3.63, 3.8) is 0 Å². The highest BCUT2D eigenvalue weighted by Crippen LogP contribution is 2.51. The molecule has 214 valence electrons. The molecule has 46 heavy (non-hydrogen) atoms. The molecular weight excluding hydrogens is 575 g/mol. The summed E-state index contributed by atoms with van der Waals surface area (Å²) in [5.41, 5.74) is 12.3. The Morgan fingerprint density at radius 3 is 1.67 bits per heavy atom. The highest BCUT2D eigenvalue weighted by atomic mass is 32.1. The monoisotopic (exact) mass is 601 g/mol. The Morgan fingerprint density at radius 2 is 0.957 bits per heavy atom. The van der Waals surface area contributed by atoms with Gasteiger partial charge in [-0.05, 0) is 45.5 Å². The zero-order valence-corrected chi connectivity index (χ0v) is 25.8. The number of thiophene rings is 1. The van der Waals surface area contributed by atoms with Crippen LogP contribution in [-0.2, 0) is 0 Å². The lowest BCUT2D eigenvalue weighted by Crippen LogP contribution is -2.02. The summed E-state index contributed by atoms with van der Waals surface area (Å²) < 4.78 is 2.63.